The molecule has 0 aliphatic heterocycles. The third-order valence-electron chi connectivity index (χ3n) is 5.61. The number of non-ortho nitro benzene ring substituents is 1. The van der Waals surface area contributed by atoms with E-state index in [0.29, 0.717) is 27.6 Å². The number of nitro groups is 1. The number of amides is 1. The molecule has 3 aromatic carbocycles. The maximum absolute atomic E-state index is 13.4. The molecule has 12 heteroatoms. The Kier molecular flexibility index (Phi) is 8.77. The summed E-state index contributed by atoms with van der Waals surface area (Å²) < 4.78 is 20.9. The molecule has 0 unspecified atom stereocenters. The molecule has 0 saturated carbocycles. The Labute approximate surface area is 230 Å². The number of halogens is 2. The number of carbonyl (C=O) groups is 1. The summed E-state index contributed by atoms with van der Waals surface area (Å²) in [6, 6.07) is 14.4. The van der Waals surface area contributed by atoms with E-state index in [1.165, 1.54) is 47.3 Å². The molecule has 1 N–H and O–H groups in total. The van der Waals surface area contributed by atoms with E-state index in [1.54, 1.807) is 18.2 Å². The van der Waals surface area contributed by atoms with Gasteiger partial charge in [-0.15, -0.1) is 0 Å². The molecule has 0 radical (unpaired) electrons. The number of aromatic nitrogens is 2. The lowest BCUT2D eigenvalue weighted by Gasteiger charge is -2.11. The molecule has 0 spiro atoms. The molecule has 1 heterocycles. The van der Waals surface area contributed by atoms with E-state index in [-0.39, 0.29) is 22.7 Å². The number of hydrogen-bond acceptors (Lipinski definition) is 7. The number of hydrogen-bond donors (Lipinski definition) is 1. The first-order valence-corrected chi connectivity index (χ1v) is 12.8. The zero-order chi connectivity index (χ0) is 27.9. The van der Waals surface area contributed by atoms with Crippen LogP contribution in [0.25, 0.3) is 10.9 Å². The van der Waals surface area contributed by atoms with E-state index in [0.717, 1.165) is 18.9 Å². The van der Waals surface area contributed by atoms with Crippen LogP contribution in [0.3, 0.4) is 0 Å². The summed E-state index contributed by atoms with van der Waals surface area (Å²) in [6.07, 6.45) is 3.40. The third-order valence-corrected chi connectivity index (χ3v) is 6.11. The van der Waals surface area contributed by atoms with Crippen LogP contribution in [-0.4, -0.2) is 33.3 Å². The van der Waals surface area contributed by atoms with Crippen molar-refractivity contribution in [3.05, 3.63) is 103 Å². The zero-order valence-electron chi connectivity index (χ0n) is 20.8. The summed E-state index contributed by atoms with van der Waals surface area (Å²) >= 11 is 3.37. The first-order valence-electron chi connectivity index (χ1n) is 12.0. The number of aryl methyl sites for hydroxylation is 1. The maximum atomic E-state index is 13.4. The van der Waals surface area contributed by atoms with Gasteiger partial charge in [-0.05, 0) is 48.9 Å². The fourth-order valence-electron chi connectivity index (χ4n) is 3.72. The van der Waals surface area contributed by atoms with Crippen LogP contribution in [0, 0.1) is 15.9 Å². The summed E-state index contributed by atoms with van der Waals surface area (Å²) in [5.74, 6) is -0.510. The van der Waals surface area contributed by atoms with Crippen LogP contribution < -0.4 is 15.6 Å². The van der Waals surface area contributed by atoms with Crippen molar-refractivity contribution in [1.29, 1.82) is 0 Å². The Morgan fingerprint density at radius 2 is 2.05 bits per heavy atom. The molecule has 4 aromatic rings. The van der Waals surface area contributed by atoms with Crippen molar-refractivity contribution in [2.45, 2.75) is 26.2 Å². The largest absolute Gasteiger partial charge is 0.483 e. The highest BCUT2D eigenvalue weighted by Crippen LogP contribution is 2.23. The summed E-state index contributed by atoms with van der Waals surface area (Å²) in [6.45, 7) is 1.56. The average Bonchev–Trinajstić information content (AvgIpc) is 2.91. The Morgan fingerprint density at radius 1 is 1.23 bits per heavy atom. The number of unbranched alkanes of at least 4 members (excludes halogenated alkanes) is 1. The molecule has 200 valence electrons. The Morgan fingerprint density at radius 3 is 2.79 bits per heavy atom. The number of ether oxygens (including phenoxy) is 1. The molecule has 0 bridgehead atoms. The van der Waals surface area contributed by atoms with Crippen LogP contribution in [-0.2, 0) is 11.2 Å². The SMILES string of the molecule is CCCCc1nc2ccc(Br)cc2c(=O)n1N=Cc1cc([N+](=O)[O-])ccc1OCC(=O)Nc1cccc(F)c1. The standard InChI is InChI=1S/C27H23BrFN5O5/c1-2-3-7-25-32-23-10-8-18(28)13-22(23)27(36)33(25)30-15-17-12-21(34(37)38)9-11-24(17)39-16-26(35)31-20-6-4-5-19(29)14-20/h4-6,8-15H,2-3,7,16H2,1H3,(H,31,35). The minimum absolute atomic E-state index is 0.124. The lowest BCUT2D eigenvalue weighted by molar-refractivity contribution is -0.384. The fourth-order valence-corrected chi connectivity index (χ4v) is 4.08. The Bertz CT molecular complexity index is 1640. The number of anilines is 1. The second-order valence-electron chi connectivity index (χ2n) is 8.48. The normalized spacial score (nSPS) is 11.2. The number of fused-ring (bicyclic) bond motifs is 1. The van der Waals surface area contributed by atoms with Crippen molar-refractivity contribution in [3.8, 4) is 5.75 Å². The zero-order valence-corrected chi connectivity index (χ0v) is 22.4. The molecule has 0 aliphatic rings. The molecule has 0 atom stereocenters. The van der Waals surface area contributed by atoms with E-state index in [9.17, 15) is 24.1 Å². The van der Waals surface area contributed by atoms with Crippen molar-refractivity contribution in [1.82, 2.24) is 9.66 Å². The van der Waals surface area contributed by atoms with E-state index in [1.807, 2.05) is 6.92 Å². The van der Waals surface area contributed by atoms with Gasteiger partial charge in [-0.2, -0.15) is 9.78 Å². The quantitative estimate of drug-likeness (QED) is 0.147. The van der Waals surface area contributed by atoms with Crippen molar-refractivity contribution >= 4 is 50.3 Å². The molecule has 39 heavy (non-hydrogen) atoms. The smallest absolute Gasteiger partial charge is 0.282 e. The molecule has 1 amide bonds. The minimum Gasteiger partial charge on any atom is -0.483 e. The number of carbonyl (C=O) groups excluding carboxylic acids is 1. The summed E-state index contributed by atoms with van der Waals surface area (Å²) in [7, 11) is 0. The number of nitrogens with one attached hydrogen (secondary N) is 1. The van der Waals surface area contributed by atoms with Gasteiger partial charge in [-0.3, -0.25) is 19.7 Å². The van der Waals surface area contributed by atoms with Crippen LogP contribution >= 0.6 is 15.9 Å². The lowest BCUT2D eigenvalue weighted by atomic mass is 10.2. The molecule has 4 rings (SSSR count). The monoisotopic (exact) mass is 595 g/mol. The van der Waals surface area contributed by atoms with E-state index in [4.69, 9.17) is 4.74 Å². The Hall–Kier alpha value is -4.45. The van der Waals surface area contributed by atoms with E-state index < -0.39 is 28.8 Å². The topological polar surface area (TPSA) is 129 Å². The van der Waals surface area contributed by atoms with Crippen molar-refractivity contribution in [3.63, 3.8) is 0 Å². The first kappa shape index (κ1) is 27.6. The van der Waals surface area contributed by atoms with Gasteiger partial charge >= 0.3 is 0 Å². The van der Waals surface area contributed by atoms with Gasteiger partial charge < -0.3 is 10.1 Å². The molecule has 1 aromatic heterocycles. The second-order valence-corrected chi connectivity index (χ2v) is 9.40. The number of nitro benzene ring substituents is 1. The molecule has 0 fully saturated rings. The predicted octanol–water partition coefficient (Wildman–Crippen LogP) is 5.45. The highest BCUT2D eigenvalue weighted by atomic mass is 79.9. The van der Waals surface area contributed by atoms with Crippen LogP contribution in [0.15, 0.2) is 75.0 Å². The van der Waals surface area contributed by atoms with Crippen LogP contribution in [0.5, 0.6) is 5.75 Å². The van der Waals surface area contributed by atoms with Gasteiger partial charge in [0.25, 0.3) is 17.2 Å². The van der Waals surface area contributed by atoms with Crippen LogP contribution in [0.4, 0.5) is 15.8 Å². The minimum atomic E-state index is -0.578. The lowest BCUT2D eigenvalue weighted by Crippen LogP contribution is -2.23. The van der Waals surface area contributed by atoms with Gasteiger partial charge in [0, 0.05) is 34.3 Å². The molecule has 0 saturated heterocycles. The van der Waals surface area contributed by atoms with E-state index in [2.05, 4.69) is 31.3 Å². The number of rotatable bonds is 10. The van der Waals surface area contributed by atoms with Gasteiger partial charge in [0.2, 0.25) is 0 Å². The number of nitrogens with zero attached hydrogens (tertiary/aromatic N) is 4. The first-order chi connectivity index (χ1) is 18.7. The molecule has 10 nitrogen and oxygen atoms in total. The summed E-state index contributed by atoms with van der Waals surface area (Å²) in [5, 5.41) is 18.6. The summed E-state index contributed by atoms with van der Waals surface area (Å²) in [4.78, 5) is 41.1. The van der Waals surface area contributed by atoms with Crippen molar-refractivity contribution < 1.29 is 18.8 Å². The highest BCUT2D eigenvalue weighted by Gasteiger charge is 2.15. The molecule has 0 aliphatic carbocycles. The summed E-state index contributed by atoms with van der Waals surface area (Å²) in [5.41, 5.74) is 0.330. The van der Waals surface area contributed by atoms with Gasteiger partial charge in [0.15, 0.2) is 6.61 Å². The van der Waals surface area contributed by atoms with Gasteiger partial charge in [0.1, 0.15) is 17.4 Å². The highest BCUT2D eigenvalue weighted by molar-refractivity contribution is 9.10. The average molecular weight is 596 g/mol. The second kappa shape index (κ2) is 12.4. The van der Waals surface area contributed by atoms with Gasteiger partial charge in [0.05, 0.1) is 22.0 Å². The molecular weight excluding hydrogens is 573 g/mol. The van der Waals surface area contributed by atoms with Gasteiger partial charge in [-0.25, -0.2) is 9.37 Å². The van der Waals surface area contributed by atoms with Crippen LogP contribution in [0.1, 0.15) is 31.2 Å². The molecular formula is C27H23BrFN5O5. The van der Waals surface area contributed by atoms with Crippen molar-refractivity contribution in [2.75, 3.05) is 11.9 Å². The maximum Gasteiger partial charge on any atom is 0.282 e. The fraction of sp³-hybridized carbons (Fsp3) is 0.185. The van der Waals surface area contributed by atoms with Crippen molar-refractivity contribution in [2.24, 2.45) is 5.10 Å². The Balaban J connectivity index is 1.66. The predicted molar refractivity (Wildman–Crippen MR) is 149 cm³/mol. The third kappa shape index (κ3) is 6.90. The van der Waals surface area contributed by atoms with Gasteiger partial charge in [-0.1, -0.05) is 35.3 Å². The van der Waals surface area contributed by atoms with Crippen LogP contribution in [0.2, 0.25) is 0 Å². The van der Waals surface area contributed by atoms with E-state index >= 15 is 0 Å². The number of benzene rings is 3.